The molecule has 0 unspecified atom stereocenters. The van der Waals surface area contributed by atoms with Gasteiger partial charge in [0.1, 0.15) is 11.4 Å². The Bertz CT molecular complexity index is 1240. The molecule has 1 N–H and O–H groups in total. The molecular formula is C21H20ClF3N4O3. The molecule has 170 valence electrons. The number of fused-ring (bicyclic) bond motifs is 1. The van der Waals surface area contributed by atoms with Crippen molar-refractivity contribution in [3.05, 3.63) is 63.4 Å². The minimum Gasteiger partial charge on any atom is -0.444 e. The van der Waals surface area contributed by atoms with Crippen molar-refractivity contribution in [2.24, 2.45) is 0 Å². The first kappa shape index (κ1) is 23.5. The molecule has 2 aromatic heterocycles. The largest absolute Gasteiger partial charge is 0.444 e. The van der Waals surface area contributed by atoms with Crippen LogP contribution in [0.2, 0.25) is 5.02 Å². The van der Waals surface area contributed by atoms with Crippen LogP contribution < -0.4 is 10.9 Å². The highest BCUT2D eigenvalue weighted by Crippen LogP contribution is 2.30. The zero-order valence-corrected chi connectivity index (χ0v) is 18.4. The summed E-state index contributed by atoms with van der Waals surface area (Å²) >= 11 is 6.18. The van der Waals surface area contributed by atoms with Crippen molar-refractivity contribution in [1.82, 2.24) is 19.9 Å². The maximum absolute atomic E-state index is 13.3. The molecule has 7 nitrogen and oxygen atoms in total. The highest BCUT2D eigenvalue weighted by atomic mass is 35.5. The number of ether oxygens (including phenoxy) is 1. The van der Waals surface area contributed by atoms with Crippen LogP contribution in [0.15, 0.2) is 41.5 Å². The first-order valence-electron chi connectivity index (χ1n) is 9.51. The average Bonchev–Trinajstić information content (AvgIpc) is 2.65. The van der Waals surface area contributed by atoms with Gasteiger partial charge in [-0.3, -0.25) is 14.3 Å². The lowest BCUT2D eigenvalue weighted by molar-refractivity contribution is -0.137. The summed E-state index contributed by atoms with van der Waals surface area (Å²) in [5, 5.41) is 2.67. The maximum Gasteiger partial charge on any atom is 0.417 e. The number of nitrogens with zero attached hydrogens (tertiary/aromatic N) is 3. The van der Waals surface area contributed by atoms with E-state index in [0.717, 1.165) is 16.8 Å². The van der Waals surface area contributed by atoms with Gasteiger partial charge in [0, 0.05) is 6.20 Å². The summed E-state index contributed by atoms with van der Waals surface area (Å²) in [6.07, 6.45) is -3.70. The standard InChI is InChI=1S/C21H20ClF3N4O3/c1-11(27-19(31)32-20(2,3)4)17-28-15-7-5-6-14(22)16(15)18(30)29(17)13-8-12(9-26-10-13)21(23,24)25/h5-11H,1-4H3,(H,27,31)/t11-/m0/s1. The Morgan fingerprint density at radius 1 is 1.22 bits per heavy atom. The third-order valence-corrected chi connectivity index (χ3v) is 4.62. The number of carbonyl (C=O) groups is 1. The minimum atomic E-state index is -4.67. The molecule has 1 amide bonds. The Morgan fingerprint density at radius 2 is 1.91 bits per heavy atom. The summed E-state index contributed by atoms with van der Waals surface area (Å²) in [4.78, 5) is 33.6. The van der Waals surface area contributed by atoms with Gasteiger partial charge in [0.15, 0.2) is 0 Å². The number of hydrogen-bond acceptors (Lipinski definition) is 5. The molecule has 11 heteroatoms. The van der Waals surface area contributed by atoms with Crippen LogP contribution in [0.5, 0.6) is 0 Å². The Morgan fingerprint density at radius 3 is 2.53 bits per heavy atom. The Balaban J connectivity index is 2.22. The molecule has 0 aliphatic rings. The van der Waals surface area contributed by atoms with Crippen LogP contribution in [0.3, 0.4) is 0 Å². The van der Waals surface area contributed by atoms with Crippen molar-refractivity contribution in [3.8, 4) is 5.69 Å². The summed E-state index contributed by atoms with van der Waals surface area (Å²) in [7, 11) is 0. The number of pyridine rings is 1. The molecule has 0 aliphatic heterocycles. The van der Waals surface area contributed by atoms with Gasteiger partial charge in [-0.15, -0.1) is 0 Å². The van der Waals surface area contributed by atoms with Gasteiger partial charge < -0.3 is 10.1 Å². The highest BCUT2D eigenvalue weighted by molar-refractivity contribution is 6.35. The highest BCUT2D eigenvalue weighted by Gasteiger charge is 2.32. The number of nitrogens with one attached hydrogen (secondary N) is 1. The summed E-state index contributed by atoms with van der Waals surface area (Å²) in [5.41, 5.74) is -2.47. The smallest absolute Gasteiger partial charge is 0.417 e. The lowest BCUT2D eigenvalue weighted by atomic mass is 10.2. The molecule has 32 heavy (non-hydrogen) atoms. The van der Waals surface area contributed by atoms with Crippen LogP contribution in [0.1, 0.15) is 45.1 Å². The molecule has 3 aromatic rings. The van der Waals surface area contributed by atoms with Gasteiger partial charge in [-0.1, -0.05) is 17.7 Å². The number of hydrogen-bond donors (Lipinski definition) is 1. The molecule has 0 bridgehead atoms. The third-order valence-electron chi connectivity index (χ3n) is 4.30. The molecule has 0 radical (unpaired) electrons. The first-order valence-corrected chi connectivity index (χ1v) is 9.89. The monoisotopic (exact) mass is 468 g/mol. The lowest BCUT2D eigenvalue weighted by Crippen LogP contribution is -2.37. The predicted molar refractivity (Wildman–Crippen MR) is 113 cm³/mol. The first-order chi connectivity index (χ1) is 14.8. The fourth-order valence-electron chi connectivity index (χ4n) is 3.00. The van der Waals surface area contributed by atoms with Gasteiger partial charge in [0.25, 0.3) is 5.56 Å². The van der Waals surface area contributed by atoms with Gasteiger partial charge >= 0.3 is 12.3 Å². The number of carbonyl (C=O) groups excluding carboxylic acids is 1. The van der Waals surface area contributed by atoms with E-state index in [4.69, 9.17) is 16.3 Å². The zero-order valence-electron chi connectivity index (χ0n) is 17.6. The van der Waals surface area contributed by atoms with Crippen molar-refractivity contribution in [2.75, 3.05) is 0 Å². The van der Waals surface area contributed by atoms with E-state index in [1.165, 1.54) is 13.0 Å². The quantitative estimate of drug-likeness (QED) is 0.582. The zero-order chi connectivity index (χ0) is 23.8. The van der Waals surface area contributed by atoms with E-state index in [0.29, 0.717) is 6.20 Å². The van der Waals surface area contributed by atoms with Crippen molar-refractivity contribution in [3.63, 3.8) is 0 Å². The molecule has 1 atom stereocenters. The lowest BCUT2D eigenvalue weighted by Gasteiger charge is -2.23. The molecule has 3 rings (SSSR count). The van der Waals surface area contributed by atoms with E-state index in [1.54, 1.807) is 32.9 Å². The molecule has 1 aromatic carbocycles. The van der Waals surface area contributed by atoms with Gasteiger partial charge in [0.2, 0.25) is 0 Å². The Hall–Kier alpha value is -3.14. The summed E-state index contributed by atoms with van der Waals surface area (Å²) < 4.78 is 45.9. The molecule has 0 saturated carbocycles. The number of rotatable bonds is 3. The van der Waals surface area contributed by atoms with Crippen molar-refractivity contribution < 1.29 is 22.7 Å². The molecular weight excluding hydrogens is 449 g/mol. The summed E-state index contributed by atoms with van der Waals surface area (Å²) in [6, 6.07) is 4.48. The van der Waals surface area contributed by atoms with E-state index in [1.807, 2.05) is 0 Å². The van der Waals surface area contributed by atoms with Gasteiger partial charge in [0.05, 0.1) is 39.4 Å². The Kier molecular flexibility index (Phi) is 6.19. The van der Waals surface area contributed by atoms with Crippen LogP contribution in [0.4, 0.5) is 18.0 Å². The number of alkyl carbamates (subject to hydrolysis) is 1. The fourth-order valence-corrected chi connectivity index (χ4v) is 3.25. The van der Waals surface area contributed by atoms with Gasteiger partial charge in [-0.25, -0.2) is 9.78 Å². The van der Waals surface area contributed by atoms with E-state index in [-0.39, 0.29) is 27.4 Å². The molecule has 0 fully saturated rings. The van der Waals surface area contributed by atoms with Gasteiger partial charge in [-0.05, 0) is 45.9 Å². The maximum atomic E-state index is 13.3. The number of alkyl halides is 3. The number of aromatic nitrogens is 3. The SMILES string of the molecule is C[C@H](NC(=O)OC(C)(C)C)c1nc2cccc(Cl)c2c(=O)n1-c1cncc(C(F)(F)F)c1. The third kappa shape index (κ3) is 5.01. The molecule has 0 spiro atoms. The van der Waals surface area contributed by atoms with E-state index >= 15 is 0 Å². The summed E-state index contributed by atoms with van der Waals surface area (Å²) in [5.74, 6) is -0.0169. The van der Waals surface area contributed by atoms with Gasteiger partial charge in [-0.2, -0.15) is 13.2 Å². The second kappa shape index (κ2) is 8.42. The number of benzene rings is 1. The van der Waals surface area contributed by atoms with Crippen LogP contribution in [0.25, 0.3) is 16.6 Å². The van der Waals surface area contributed by atoms with Crippen molar-refractivity contribution in [2.45, 2.75) is 45.5 Å². The molecule has 0 saturated heterocycles. The van der Waals surface area contributed by atoms with E-state index in [9.17, 15) is 22.8 Å². The molecule has 2 heterocycles. The van der Waals surface area contributed by atoms with Crippen molar-refractivity contribution >= 4 is 28.6 Å². The van der Waals surface area contributed by atoms with Crippen molar-refractivity contribution in [1.29, 1.82) is 0 Å². The fraction of sp³-hybridized carbons (Fsp3) is 0.333. The number of amides is 1. The number of halogens is 4. The Labute approximate surface area is 186 Å². The van der Waals surface area contributed by atoms with Crippen LogP contribution in [-0.2, 0) is 10.9 Å². The van der Waals surface area contributed by atoms with Crippen LogP contribution in [-0.4, -0.2) is 26.2 Å². The van der Waals surface area contributed by atoms with E-state index in [2.05, 4.69) is 15.3 Å². The summed E-state index contributed by atoms with van der Waals surface area (Å²) in [6.45, 7) is 6.56. The normalized spacial score (nSPS) is 13.1. The predicted octanol–water partition coefficient (Wildman–Crippen LogP) is 5.04. The average molecular weight is 469 g/mol. The topological polar surface area (TPSA) is 86.1 Å². The molecule has 0 aliphatic carbocycles. The second-order valence-electron chi connectivity index (χ2n) is 8.04. The van der Waals surface area contributed by atoms with Crippen LogP contribution >= 0.6 is 11.6 Å². The van der Waals surface area contributed by atoms with E-state index < -0.39 is 35.0 Å². The van der Waals surface area contributed by atoms with Crippen LogP contribution in [0, 0.1) is 0 Å². The second-order valence-corrected chi connectivity index (χ2v) is 8.45. The minimum absolute atomic E-state index is 0.0169.